The number of halogens is 2. The first-order valence-corrected chi connectivity index (χ1v) is 6.48. The minimum absolute atomic E-state index is 0.182. The minimum atomic E-state index is -0.853. The van der Waals surface area contributed by atoms with Crippen molar-refractivity contribution in [2.75, 3.05) is 19.5 Å². The van der Waals surface area contributed by atoms with Gasteiger partial charge in [-0.25, -0.2) is 8.78 Å². The van der Waals surface area contributed by atoms with Crippen LogP contribution in [0.1, 0.15) is 18.5 Å². The Morgan fingerprint density at radius 3 is 2.24 bits per heavy atom. The molecule has 3 nitrogen and oxygen atoms in total. The number of rotatable bonds is 5. The summed E-state index contributed by atoms with van der Waals surface area (Å²) in [4.78, 5) is 0. The highest BCUT2D eigenvalue weighted by Gasteiger charge is 2.11. The van der Waals surface area contributed by atoms with Crippen molar-refractivity contribution in [3.8, 4) is 11.5 Å². The maximum atomic E-state index is 13.3. The molecule has 2 aromatic carbocycles. The number of hydrogen-bond acceptors (Lipinski definition) is 3. The molecule has 5 heteroatoms. The number of nitrogens with one attached hydrogen (secondary N) is 1. The van der Waals surface area contributed by atoms with E-state index in [0.29, 0.717) is 17.1 Å². The van der Waals surface area contributed by atoms with Crippen molar-refractivity contribution in [2.45, 2.75) is 13.0 Å². The van der Waals surface area contributed by atoms with Gasteiger partial charge < -0.3 is 14.8 Å². The van der Waals surface area contributed by atoms with E-state index in [1.54, 1.807) is 32.4 Å². The second-order valence-corrected chi connectivity index (χ2v) is 4.61. The summed E-state index contributed by atoms with van der Waals surface area (Å²) >= 11 is 0. The van der Waals surface area contributed by atoms with Crippen molar-refractivity contribution in [2.24, 2.45) is 0 Å². The Morgan fingerprint density at radius 1 is 0.905 bits per heavy atom. The Balaban J connectivity index is 2.18. The first kappa shape index (κ1) is 15.1. The lowest BCUT2D eigenvalue weighted by Crippen LogP contribution is -2.07. The maximum absolute atomic E-state index is 13.3. The van der Waals surface area contributed by atoms with E-state index in [4.69, 9.17) is 9.47 Å². The van der Waals surface area contributed by atoms with Crippen LogP contribution in [0.15, 0.2) is 36.4 Å². The van der Waals surface area contributed by atoms with Crippen LogP contribution in [-0.2, 0) is 0 Å². The molecule has 2 rings (SSSR count). The van der Waals surface area contributed by atoms with Gasteiger partial charge in [0.1, 0.15) is 0 Å². The minimum Gasteiger partial charge on any atom is -0.493 e. The molecule has 0 amide bonds. The highest BCUT2D eigenvalue weighted by Crippen LogP contribution is 2.31. The molecule has 1 atom stereocenters. The van der Waals surface area contributed by atoms with E-state index in [1.807, 2.05) is 13.0 Å². The van der Waals surface area contributed by atoms with Crippen LogP contribution < -0.4 is 14.8 Å². The Bertz CT molecular complexity index is 632. The highest BCUT2D eigenvalue weighted by atomic mass is 19.2. The molecular formula is C16H17F2NO2. The van der Waals surface area contributed by atoms with Crippen molar-refractivity contribution >= 4 is 5.69 Å². The van der Waals surface area contributed by atoms with Crippen LogP contribution >= 0.6 is 0 Å². The normalized spacial score (nSPS) is 11.9. The standard InChI is InChI=1S/C16H17F2NO2/c1-10(11-4-6-13(17)14(18)8-11)19-12-5-7-15(20-2)16(9-12)21-3/h4-10,19H,1-3H3. The summed E-state index contributed by atoms with van der Waals surface area (Å²) in [5.74, 6) is -0.478. The molecule has 0 saturated carbocycles. The molecule has 21 heavy (non-hydrogen) atoms. The van der Waals surface area contributed by atoms with E-state index in [-0.39, 0.29) is 6.04 Å². The molecular weight excluding hydrogens is 276 g/mol. The fraction of sp³-hybridized carbons (Fsp3) is 0.250. The molecule has 2 aromatic rings. The fourth-order valence-electron chi connectivity index (χ4n) is 2.04. The monoisotopic (exact) mass is 293 g/mol. The summed E-state index contributed by atoms with van der Waals surface area (Å²) in [6, 6.07) is 9.08. The van der Waals surface area contributed by atoms with E-state index < -0.39 is 11.6 Å². The van der Waals surface area contributed by atoms with Crippen LogP contribution in [0.25, 0.3) is 0 Å². The number of methoxy groups -OCH3 is 2. The summed E-state index contributed by atoms with van der Waals surface area (Å²) < 4.78 is 36.6. The number of anilines is 1. The van der Waals surface area contributed by atoms with Gasteiger partial charge in [0.15, 0.2) is 23.1 Å². The lowest BCUT2D eigenvalue weighted by molar-refractivity contribution is 0.355. The Morgan fingerprint density at radius 2 is 1.62 bits per heavy atom. The van der Waals surface area contributed by atoms with Gasteiger partial charge >= 0.3 is 0 Å². The van der Waals surface area contributed by atoms with Gasteiger partial charge in [-0.3, -0.25) is 0 Å². The Hall–Kier alpha value is -2.30. The van der Waals surface area contributed by atoms with Gasteiger partial charge in [-0.2, -0.15) is 0 Å². The molecule has 0 aromatic heterocycles. The molecule has 0 aliphatic rings. The zero-order valence-electron chi connectivity index (χ0n) is 12.1. The second-order valence-electron chi connectivity index (χ2n) is 4.61. The van der Waals surface area contributed by atoms with Crippen molar-refractivity contribution < 1.29 is 18.3 Å². The summed E-state index contributed by atoms with van der Waals surface area (Å²) in [6.45, 7) is 1.86. The quantitative estimate of drug-likeness (QED) is 0.898. The zero-order valence-corrected chi connectivity index (χ0v) is 12.1. The largest absolute Gasteiger partial charge is 0.493 e. The molecule has 0 spiro atoms. The molecule has 0 aliphatic heterocycles. The van der Waals surface area contributed by atoms with E-state index >= 15 is 0 Å². The first-order chi connectivity index (χ1) is 10.0. The summed E-state index contributed by atoms with van der Waals surface area (Å²) in [6.07, 6.45) is 0. The Kier molecular flexibility index (Phi) is 4.62. The average molecular weight is 293 g/mol. The molecule has 1 N–H and O–H groups in total. The van der Waals surface area contributed by atoms with Crippen LogP contribution in [0, 0.1) is 11.6 Å². The first-order valence-electron chi connectivity index (χ1n) is 6.48. The molecule has 0 radical (unpaired) electrons. The van der Waals surface area contributed by atoms with Crippen LogP contribution in [0.5, 0.6) is 11.5 Å². The maximum Gasteiger partial charge on any atom is 0.162 e. The molecule has 0 heterocycles. The van der Waals surface area contributed by atoms with Gasteiger partial charge in [0.05, 0.1) is 14.2 Å². The van der Waals surface area contributed by atoms with Gasteiger partial charge in [0.25, 0.3) is 0 Å². The second kappa shape index (κ2) is 6.43. The van der Waals surface area contributed by atoms with Gasteiger partial charge in [-0.1, -0.05) is 6.07 Å². The SMILES string of the molecule is COc1ccc(NC(C)c2ccc(F)c(F)c2)cc1OC. The molecule has 1 unspecified atom stereocenters. The molecule has 0 saturated heterocycles. The van der Waals surface area contributed by atoms with E-state index in [9.17, 15) is 8.78 Å². The van der Waals surface area contributed by atoms with Crippen molar-refractivity contribution in [3.05, 3.63) is 53.6 Å². The van der Waals surface area contributed by atoms with Gasteiger partial charge in [-0.05, 0) is 36.8 Å². The molecule has 112 valence electrons. The van der Waals surface area contributed by atoms with Crippen LogP contribution in [0.4, 0.5) is 14.5 Å². The third kappa shape index (κ3) is 3.42. The number of ether oxygens (including phenoxy) is 2. The van der Waals surface area contributed by atoms with Gasteiger partial charge in [-0.15, -0.1) is 0 Å². The lowest BCUT2D eigenvalue weighted by Gasteiger charge is -2.17. The zero-order chi connectivity index (χ0) is 15.4. The lowest BCUT2D eigenvalue weighted by atomic mass is 10.1. The smallest absolute Gasteiger partial charge is 0.162 e. The predicted octanol–water partition coefficient (Wildman–Crippen LogP) is 4.16. The molecule has 0 fully saturated rings. The van der Waals surface area contributed by atoms with Crippen LogP contribution in [-0.4, -0.2) is 14.2 Å². The third-order valence-corrected chi connectivity index (χ3v) is 3.21. The summed E-state index contributed by atoms with van der Waals surface area (Å²) in [7, 11) is 3.12. The molecule has 0 aliphatic carbocycles. The third-order valence-electron chi connectivity index (χ3n) is 3.21. The molecule has 0 bridgehead atoms. The van der Waals surface area contributed by atoms with E-state index in [0.717, 1.165) is 11.8 Å². The summed E-state index contributed by atoms with van der Waals surface area (Å²) in [5, 5.41) is 3.21. The number of hydrogen-bond donors (Lipinski definition) is 1. The number of benzene rings is 2. The van der Waals surface area contributed by atoms with Crippen molar-refractivity contribution in [1.29, 1.82) is 0 Å². The highest BCUT2D eigenvalue weighted by molar-refractivity contribution is 5.55. The van der Waals surface area contributed by atoms with Crippen molar-refractivity contribution in [3.63, 3.8) is 0 Å². The van der Waals surface area contributed by atoms with Gasteiger partial charge in [0.2, 0.25) is 0 Å². The topological polar surface area (TPSA) is 30.5 Å². The van der Waals surface area contributed by atoms with Crippen molar-refractivity contribution in [1.82, 2.24) is 0 Å². The fourth-order valence-corrected chi connectivity index (χ4v) is 2.04. The van der Waals surface area contributed by atoms with E-state index in [2.05, 4.69) is 5.32 Å². The van der Waals surface area contributed by atoms with Crippen LogP contribution in [0.3, 0.4) is 0 Å². The van der Waals surface area contributed by atoms with Gasteiger partial charge in [0, 0.05) is 17.8 Å². The predicted molar refractivity (Wildman–Crippen MR) is 77.9 cm³/mol. The van der Waals surface area contributed by atoms with E-state index in [1.165, 1.54) is 6.07 Å². The van der Waals surface area contributed by atoms with Crippen LogP contribution in [0.2, 0.25) is 0 Å². The Labute approximate surface area is 122 Å². The summed E-state index contributed by atoms with van der Waals surface area (Å²) in [5.41, 5.74) is 1.45. The average Bonchev–Trinajstić information content (AvgIpc) is 2.49.